The molecule has 3 aromatic carbocycles. The number of hydrogen-bond acceptors (Lipinski definition) is 3. The van der Waals surface area contributed by atoms with Gasteiger partial charge in [-0.1, -0.05) is 42.5 Å². The molecular weight excluding hydrogens is 440 g/mol. The zero-order chi connectivity index (χ0) is 24.4. The van der Waals surface area contributed by atoms with E-state index < -0.39 is 35.5 Å². The van der Waals surface area contributed by atoms with E-state index in [2.05, 4.69) is 10.6 Å². The Balaban J connectivity index is 1.52. The molecule has 6 nitrogen and oxygen atoms in total. The van der Waals surface area contributed by atoms with E-state index in [-0.39, 0.29) is 17.9 Å². The van der Waals surface area contributed by atoms with E-state index in [1.54, 1.807) is 19.2 Å². The lowest BCUT2D eigenvalue weighted by Crippen LogP contribution is -2.49. The summed E-state index contributed by atoms with van der Waals surface area (Å²) in [5.41, 5.74) is 3.21. The minimum Gasteiger partial charge on any atom is -0.344 e. The number of nitrogens with one attached hydrogen (secondary N) is 2. The van der Waals surface area contributed by atoms with Gasteiger partial charge in [0.25, 0.3) is 5.91 Å². The van der Waals surface area contributed by atoms with Crippen LogP contribution in [0.4, 0.5) is 14.5 Å². The Bertz CT molecular complexity index is 1260. The number of halogens is 2. The molecule has 0 fully saturated rings. The van der Waals surface area contributed by atoms with E-state index in [1.807, 2.05) is 36.4 Å². The number of amides is 3. The van der Waals surface area contributed by atoms with Crippen LogP contribution in [0.3, 0.4) is 0 Å². The highest BCUT2D eigenvalue weighted by atomic mass is 19.1. The normalized spacial score (nSPS) is 15.6. The van der Waals surface area contributed by atoms with E-state index in [1.165, 1.54) is 11.8 Å². The molecule has 8 heteroatoms. The molecule has 0 saturated heterocycles. The third kappa shape index (κ3) is 4.66. The van der Waals surface area contributed by atoms with Gasteiger partial charge in [0.1, 0.15) is 23.7 Å². The van der Waals surface area contributed by atoms with Crippen LogP contribution in [0.1, 0.15) is 24.1 Å². The van der Waals surface area contributed by atoms with Gasteiger partial charge < -0.3 is 15.5 Å². The first-order chi connectivity index (χ1) is 16.2. The number of rotatable bonds is 5. The van der Waals surface area contributed by atoms with E-state index in [0.717, 1.165) is 28.9 Å². The van der Waals surface area contributed by atoms with Gasteiger partial charge in [-0.2, -0.15) is 0 Å². The highest BCUT2D eigenvalue weighted by Crippen LogP contribution is 2.39. The summed E-state index contributed by atoms with van der Waals surface area (Å²) >= 11 is 0. The number of para-hydroxylation sites is 1. The van der Waals surface area contributed by atoms with Crippen molar-refractivity contribution in [3.8, 4) is 11.1 Å². The molecule has 3 aromatic rings. The van der Waals surface area contributed by atoms with Crippen molar-refractivity contribution in [3.63, 3.8) is 0 Å². The van der Waals surface area contributed by atoms with Gasteiger partial charge in [-0.25, -0.2) is 8.78 Å². The highest BCUT2D eigenvalue weighted by molar-refractivity contribution is 6.06. The number of benzene rings is 3. The molecule has 3 amide bonds. The van der Waals surface area contributed by atoms with Crippen LogP contribution in [0.5, 0.6) is 0 Å². The lowest BCUT2D eigenvalue weighted by molar-refractivity contribution is -0.130. The molecule has 0 aromatic heterocycles. The first kappa shape index (κ1) is 23.1. The van der Waals surface area contributed by atoms with Gasteiger partial charge in [0.15, 0.2) is 0 Å². The second-order valence-corrected chi connectivity index (χ2v) is 8.19. The molecule has 0 aliphatic carbocycles. The smallest absolute Gasteiger partial charge is 0.253 e. The van der Waals surface area contributed by atoms with E-state index in [4.69, 9.17) is 0 Å². The summed E-state index contributed by atoms with van der Waals surface area (Å²) in [7, 11) is 1.65. The Morgan fingerprint density at radius 2 is 1.59 bits per heavy atom. The van der Waals surface area contributed by atoms with Gasteiger partial charge in [0.05, 0.1) is 12.1 Å². The summed E-state index contributed by atoms with van der Waals surface area (Å²) in [4.78, 5) is 40.1. The largest absolute Gasteiger partial charge is 0.344 e. The third-order valence-corrected chi connectivity index (χ3v) is 5.75. The van der Waals surface area contributed by atoms with Crippen molar-refractivity contribution in [3.05, 3.63) is 89.5 Å². The molecule has 2 atom stereocenters. The number of hydrogen-bond donors (Lipinski definition) is 2. The van der Waals surface area contributed by atoms with E-state index >= 15 is 0 Å². The Kier molecular flexibility index (Phi) is 6.40. The second-order valence-electron chi connectivity index (χ2n) is 8.19. The SMILES string of the molecule is CC(NC(=O)Cc1cc(F)cc(F)c1)C(=O)N[C@@H]1C(=O)N(C)c2ccccc2-c2ccccc21. The zero-order valence-electron chi connectivity index (χ0n) is 18.6. The molecule has 4 rings (SSSR count). The van der Waals surface area contributed by atoms with E-state index in [0.29, 0.717) is 11.6 Å². The molecule has 0 radical (unpaired) electrons. The maximum Gasteiger partial charge on any atom is 0.253 e. The average molecular weight is 463 g/mol. The van der Waals surface area contributed by atoms with Crippen LogP contribution in [0, 0.1) is 11.6 Å². The van der Waals surface area contributed by atoms with Gasteiger partial charge >= 0.3 is 0 Å². The highest BCUT2D eigenvalue weighted by Gasteiger charge is 2.34. The third-order valence-electron chi connectivity index (χ3n) is 5.75. The van der Waals surface area contributed by atoms with Crippen molar-refractivity contribution in [2.45, 2.75) is 25.4 Å². The molecule has 1 aliphatic heterocycles. The van der Waals surface area contributed by atoms with Crippen LogP contribution in [0.2, 0.25) is 0 Å². The lowest BCUT2D eigenvalue weighted by atomic mass is 9.95. The zero-order valence-corrected chi connectivity index (χ0v) is 18.6. The maximum absolute atomic E-state index is 13.4. The summed E-state index contributed by atoms with van der Waals surface area (Å²) in [5.74, 6) is -3.04. The fraction of sp³-hybridized carbons (Fsp3) is 0.192. The predicted molar refractivity (Wildman–Crippen MR) is 124 cm³/mol. The number of carbonyl (C=O) groups is 3. The number of likely N-dealkylation sites (N-methyl/N-ethyl adjacent to an activating group) is 1. The summed E-state index contributed by atoms with van der Waals surface area (Å²) in [6.07, 6.45) is -0.296. The fourth-order valence-corrected chi connectivity index (χ4v) is 4.10. The molecule has 34 heavy (non-hydrogen) atoms. The molecule has 1 aliphatic rings. The summed E-state index contributed by atoms with van der Waals surface area (Å²) in [6.45, 7) is 1.48. The van der Waals surface area contributed by atoms with E-state index in [9.17, 15) is 23.2 Å². The molecule has 1 unspecified atom stereocenters. The van der Waals surface area contributed by atoms with Crippen molar-refractivity contribution >= 4 is 23.4 Å². The Morgan fingerprint density at radius 3 is 2.29 bits per heavy atom. The number of fused-ring (bicyclic) bond motifs is 3. The molecule has 0 saturated carbocycles. The van der Waals surface area contributed by atoms with Crippen LogP contribution < -0.4 is 15.5 Å². The molecule has 2 N–H and O–H groups in total. The average Bonchev–Trinajstić information content (AvgIpc) is 2.88. The van der Waals surface area contributed by atoms with Crippen LogP contribution in [-0.4, -0.2) is 30.8 Å². The van der Waals surface area contributed by atoms with Crippen LogP contribution in [0.15, 0.2) is 66.7 Å². The molecule has 0 spiro atoms. The fourth-order valence-electron chi connectivity index (χ4n) is 4.10. The van der Waals surface area contributed by atoms with Crippen molar-refractivity contribution in [1.82, 2.24) is 10.6 Å². The van der Waals surface area contributed by atoms with Crippen LogP contribution in [-0.2, 0) is 20.8 Å². The van der Waals surface area contributed by atoms with Gasteiger partial charge in [-0.15, -0.1) is 0 Å². The number of anilines is 1. The Morgan fingerprint density at radius 1 is 0.971 bits per heavy atom. The standard InChI is InChI=1S/C26H23F2N3O3/c1-15(29-23(32)13-16-11-17(27)14-18(28)12-16)25(33)30-24-21-9-4-3-7-19(21)20-8-5-6-10-22(20)31(2)26(24)34/h3-12,14-15,24H,13H2,1-2H3,(H,29,32)(H,30,33)/t15?,24-/m0/s1. The minimum atomic E-state index is -0.984. The van der Waals surface area contributed by atoms with Gasteiger partial charge in [-0.3, -0.25) is 14.4 Å². The Hall–Kier alpha value is -4.07. The molecule has 0 bridgehead atoms. The lowest BCUT2D eigenvalue weighted by Gasteiger charge is -2.24. The van der Waals surface area contributed by atoms with Gasteiger partial charge in [-0.05, 0) is 41.8 Å². The predicted octanol–water partition coefficient (Wildman–Crippen LogP) is 3.51. The second kappa shape index (κ2) is 9.43. The van der Waals surface area contributed by atoms with Crippen molar-refractivity contribution in [2.24, 2.45) is 0 Å². The van der Waals surface area contributed by atoms with Crippen molar-refractivity contribution < 1.29 is 23.2 Å². The summed E-state index contributed by atoms with van der Waals surface area (Å²) in [5, 5.41) is 5.27. The number of carbonyl (C=O) groups excluding carboxylic acids is 3. The van der Waals surface area contributed by atoms with Gasteiger partial charge in [0.2, 0.25) is 11.8 Å². The van der Waals surface area contributed by atoms with Crippen LogP contribution >= 0.6 is 0 Å². The molecule has 174 valence electrons. The molecular formula is C26H23F2N3O3. The van der Waals surface area contributed by atoms with Crippen molar-refractivity contribution in [1.29, 1.82) is 0 Å². The minimum absolute atomic E-state index is 0.148. The first-order valence-corrected chi connectivity index (χ1v) is 10.7. The summed E-state index contributed by atoms with van der Waals surface area (Å²) in [6, 6.07) is 15.7. The molecule has 1 heterocycles. The Labute approximate surface area is 195 Å². The quantitative estimate of drug-likeness (QED) is 0.608. The summed E-state index contributed by atoms with van der Waals surface area (Å²) < 4.78 is 26.8. The topological polar surface area (TPSA) is 78.5 Å². The van der Waals surface area contributed by atoms with Crippen LogP contribution in [0.25, 0.3) is 11.1 Å². The maximum atomic E-state index is 13.4. The first-order valence-electron chi connectivity index (χ1n) is 10.7. The monoisotopic (exact) mass is 463 g/mol. The van der Waals surface area contributed by atoms with Gasteiger partial charge in [0, 0.05) is 18.7 Å². The number of nitrogens with zero attached hydrogens (tertiary/aromatic N) is 1. The van der Waals surface area contributed by atoms with Crippen molar-refractivity contribution in [2.75, 3.05) is 11.9 Å².